The summed E-state index contributed by atoms with van der Waals surface area (Å²) >= 11 is 0. The molecule has 0 saturated carbocycles. The van der Waals surface area contributed by atoms with Crippen LogP contribution in [0.3, 0.4) is 0 Å². The van der Waals surface area contributed by atoms with Gasteiger partial charge in [0.05, 0.1) is 12.7 Å². The van der Waals surface area contributed by atoms with E-state index in [1.165, 1.54) is 30.4 Å². The van der Waals surface area contributed by atoms with Crippen molar-refractivity contribution in [2.24, 2.45) is 0 Å². The molecule has 1 amide bonds. The average molecular weight is 283 g/mol. The van der Waals surface area contributed by atoms with Gasteiger partial charge in [0, 0.05) is 13.0 Å². The first-order valence-corrected chi connectivity index (χ1v) is 7.71. The standard InChI is InChI=1S/C18H21NO2/c20-18(19-10-9-17-6-3-11-21-17)13-14-7-8-15-4-1-2-5-16(15)12-14/h3,6-8,11-12H,1-2,4-5,9-10,13H2,(H,19,20). The van der Waals surface area contributed by atoms with Gasteiger partial charge in [-0.3, -0.25) is 4.79 Å². The first-order valence-electron chi connectivity index (χ1n) is 7.71. The van der Waals surface area contributed by atoms with Crippen molar-refractivity contribution in [3.05, 3.63) is 59.0 Å². The Labute approximate surface area is 125 Å². The van der Waals surface area contributed by atoms with Gasteiger partial charge in [-0.2, -0.15) is 0 Å². The highest BCUT2D eigenvalue weighted by atomic mass is 16.3. The third-order valence-corrected chi connectivity index (χ3v) is 4.05. The van der Waals surface area contributed by atoms with Crippen LogP contribution in [0.5, 0.6) is 0 Å². The summed E-state index contributed by atoms with van der Waals surface area (Å²) < 4.78 is 5.24. The molecule has 21 heavy (non-hydrogen) atoms. The molecule has 1 aromatic carbocycles. The van der Waals surface area contributed by atoms with Crippen LogP contribution in [-0.2, 0) is 30.5 Å². The van der Waals surface area contributed by atoms with Gasteiger partial charge >= 0.3 is 0 Å². The summed E-state index contributed by atoms with van der Waals surface area (Å²) in [5, 5.41) is 2.95. The van der Waals surface area contributed by atoms with E-state index in [1.54, 1.807) is 6.26 Å². The molecule has 2 aromatic rings. The predicted octanol–water partition coefficient (Wildman–Crippen LogP) is 3.06. The second-order valence-corrected chi connectivity index (χ2v) is 5.67. The summed E-state index contributed by atoms with van der Waals surface area (Å²) in [4.78, 5) is 12.0. The van der Waals surface area contributed by atoms with Crippen LogP contribution in [0.15, 0.2) is 41.0 Å². The van der Waals surface area contributed by atoms with Gasteiger partial charge in [-0.25, -0.2) is 0 Å². The molecule has 1 aliphatic rings. The van der Waals surface area contributed by atoms with Crippen LogP contribution in [0, 0.1) is 0 Å². The first-order chi connectivity index (χ1) is 10.3. The lowest BCUT2D eigenvalue weighted by Crippen LogP contribution is -2.27. The van der Waals surface area contributed by atoms with Gasteiger partial charge in [0.1, 0.15) is 5.76 Å². The molecule has 0 aliphatic heterocycles. The molecule has 0 saturated heterocycles. The zero-order chi connectivity index (χ0) is 14.5. The fraction of sp³-hybridized carbons (Fsp3) is 0.389. The zero-order valence-corrected chi connectivity index (χ0v) is 12.2. The van der Waals surface area contributed by atoms with Crippen LogP contribution in [0.1, 0.15) is 35.3 Å². The highest BCUT2D eigenvalue weighted by molar-refractivity contribution is 5.78. The normalized spacial score (nSPS) is 13.7. The third kappa shape index (κ3) is 3.75. The second-order valence-electron chi connectivity index (χ2n) is 5.67. The molecule has 0 radical (unpaired) electrons. The number of aryl methyl sites for hydroxylation is 2. The van der Waals surface area contributed by atoms with Crippen LogP contribution in [-0.4, -0.2) is 12.5 Å². The van der Waals surface area contributed by atoms with Crippen molar-refractivity contribution in [2.75, 3.05) is 6.54 Å². The van der Waals surface area contributed by atoms with Gasteiger partial charge in [0.25, 0.3) is 0 Å². The molecule has 1 N–H and O–H groups in total. The average Bonchev–Trinajstić information content (AvgIpc) is 3.00. The van der Waals surface area contributed by atoms with Crippen molar-refractivity contribution in [3.63, 3.8) is 0 Å². The summed E-state index contributed by atoms with van der Waals surface area (Å²) in [6.07, 6.45) is 7.76. The molecule has 0 spiro atoms. The molecule has 3 heteroatoms. The van der Waals surface area contributed by atoms with Crippen molar-refractivity contribution < 1.29 is 9.21 Å². The Kier molecular flexibility index (Phi) is 4.39. The van der Waals surface area contributed by atoms with Crippen LogP contribution < -0.4 is 5.32 Å². The van der Waals surface area contributed by atoms with E-state index in [0.717, 1.165) is 24.2 Å². The number of carbonyl (C=O) groups excluding carboxylic acids is 1. The van der Waals surface area contributed by atoms with Crippen LogP contribution in [0.2, 0.25) is 0 Å². The SMILES string of the molecule is O=C(Cc1ccc2c(c1)CCCC2)NCCc1ccco1. The topological polar surface area (TPSA) is 42.2 Å². The van der Waals surface area contributed by atoms with Crippen molar-refractivity contribution in [1.82, 2.24) is 5.32 Å². The summed E-state index contributed by atoms with van der Waals surface area (Å²) in [6.45, 7) is 0.622. The molecule has 0 fully saturated rings. The Bertz CT molecular complexity index is 602. The smallest absolute Gasteiger partial charge is 0.224 e. The fourth-order valence-electron chi connectivity index (χ4n) is 2.92. The molecule has 3 rings (SSSR count). The van der Waals surface area contributed by atoms with E-state index in [9.17, 15) is 4.79 Å². The molecular formula is C18H21NO2. The Balaban J connectivity index is 1.50. The Hall–Kier alpha value is -2.03. The zero-order valence-electron chi connectivity index (χ0n) is 12.2. The summed E-state index contributed by atoms with van der Waals surface area (Å²) in [6, 6.07) is 10.3. The minimum Gasteiger partial charge on any atom is -0.469 e. The van der Waals surface area contributed by atoms with Crippen molar-refractivity contribution in [1.29, 1.82) is 0 Å². The fourth-order valence-corrected chi connectivity index (χ4v) is 2.92. The Morgan fingerprint density at radius 2 is 2.00 bits per heavy atom. The molecule has 110 valence electrons. The van der Waals surface area contributed by atoms with E-state index in [2.05, 4.69) is 23.5 Å². The lowest BCUT2D eigenvalue weighted by atomic mass is 9.90. The number of rotatable bonds is 5. The number of hydrogen-bond donors (Lipinski definition) is 1. The highest BCUT2D eigenvalue weighted by Gasteiger charge is 2.11. The number of benzene rings is 1. The van der Waals surface area contributed by atoms with Gasteiger partial charge in [-0.05, 0) is 54.5 Å². The van der Waals surface area contributed by atoms with Gasteiger partial charge < -0.3 is 9.73 Å². The quantitative estimate of drug-likeness (QED) is 0.916. The van der Waals surface area contributed by atoms with E-state index in [0.29, 0.717) is 13.0 Å². The second kappa shape index (κ2) is 6.61. The maximum absolute atomic E-state index is 12.0. The monoisotopic (exact) mass is 283 g/mol. The van der Waals surface area contributed by atoms with Gasteiger partial charge in [-0.1, -0.05) is 18.2 Å². The largest absolute Gasteiger partial charge is 0.469 e. The van der Waals surface area contributed by atoms with E-state index in [4.69, 9.17) is 4.42 Å². The number of hydrogen-bond acceptors (Lipinski definition) is 2. The number of nitrogens with one attached hydrogen (secondary N) is 1. The van der Waals surface area contributed by atoms with Crippen LogP contribution in [0.4, 0.5) is 0 Å². The lowest BCUT2D eigenvalue weighted by Gasteiger charge is -2.16. The van der Waals surface area contributed by atoms with Crippen molar-refractivity contribution in [3.8, 4) is 0 Å². The molecule has 0 atom stereocenters. The summed E-state index contributed by atoms with van der Waals surface area (Å²) in [5.74, 6) is 0.987. The van der Waals surface area contributed by atoms with Crippen molar-refractivity contribution in [2.45, 2.75) is 38.5 Å². The number of fused-ring (bicyclic) bond motifs is 1. The maximum atomic E-state index is 12.0. The van der Waals surface area contributed by atoms with E-state index in [-0.39, 0.29) is 5.91 Å². The first kappa shape index (κ1) is 13.9. The molecular weight excluding hydrogens is 262 g/mol. The highest BCUT2D eigenvalue weighted by Crippen LogP contribution is 2.22. The number of furan rings is 1. The predicted molar refractivity (Wildman–Crippen MR) is 82.2 cm³/mol. The Morgan fingerprint density at radius 1 is 1.14 bits per heavy atom. The van der Waals surface area contributed by atoms with E-state index >= 15 is 0 Å². The van der Waals surface area contributed by atoms with E-state index < -0.39 is 0 Å². The molecule has 0 unspecified atom stereocenters. The minimum atomic E-state index is 0.0808. The van der Waals surface area contributed by atoms with Gasteiger partial charge in [0.2, 0.25) is 5.91 Å². The lowest BCUT2D eigenvalue weighted by molar-refractivity contribution is -0.120. The van der Waals surface area contributed by atoms with E-state index in [1.807, 2.05) is 12.1 Å². The Morgan fingerprint density at radius 3 is 2.81 bits per heavy atom. The third-order valence-electron chi connectivity index (χ3n) is 4.05. The minimum absolute atomic E-state index is 0.0808. The molecule has 1 aliphatic carbocycles. The summed E-state index contributed by atoms with van der Waals surface area (Å²) in [7, 11) is 0. The summed E-state index contributed by atoms with van der Waals surface area (Å²) in [5.41, 5.74) is 4.01. The molecule has 1 aromatic heterocycles. The number of carbonyl (C=O) groups is 1. The number of amides is 1. The van der Waals surface area contributed by atoms with Crippen LogP contribution >= 0.6 is 0 Å². The molecule has 1 heterocycles. The maximum Gasteiger partial charge on any atom is 0.224 e. The molecule has 0 bridgehead atoms. The van der Waals surface area contributed by atoms with Crippen molar-refractivity contribution >= 4 is 5.91 Å². The van der Waals surface area contributed by atoms with Crippen LogP contribution in [0.25, 0.3) is 0 Å². The van der Waals surface area contributed by atoms with Gasteiger partial charge in [0.15, 0.2) is 0 Å². The van der Waals surface area contributed by atoms with Gasteiger partial charge in [-0.15, -0.1) is 0 Å². The molecule has 3 nitrogen and oxygen atoms in total.